The summed E-state index contributed by atoms with van der Waals surface area (Å²) in [6.07, 6.45) is 0. The first-order valence-corrected chi connectivity index (χ1v) is 18.1. The van der Waals surface area contributed by atoms with Crippen LogP contribution in [0.2, 0.25) is 0 Å². The van der Waals surface area contributed by atoms with Gasteiger partial charge in [-0.3, -0.25) is 0 Å². The van der Waals surface area contributed by atoms with E-state index < -0.39 is 352 Å². The van der Waals surface area contributed by atoms with Gasteiger partial charge in [-0.25, -0.2) is 0 Å². The van der Waals surface area contributed by atoms with Crippen molar-refractivity contribution in [1.82, 2.24) is 9.13 Å². The summed E-state index contributed by atoms with van der Waals surface area (Å²) in [4.78, 5) is 0. The van der Waals surface area contributed by atoms with E-state index in [0.29, 0.717) is 9.13 Å². The zero-order valence-corrected chi connectivity index (χ0v) is 30.9. The molecule has 10 aromatic carbocycles. The molecule has 0 N–H and O–H groups in total. The van der Waals surface area contributed by atoms with Crippen LogP contribution in [0.3, 0.4) is 0 Å². The average Bonchev–Trinajstić information content (AvgIpc) is 1.50. The van der Waals surface area contributed by atoms with Gasteiger partial charge in [-0.05, 0) is 116 Å². The molecule has 0 aliphatic heterocycles. The third-order valence-electron chi connectivity index (χ3n) is 9.49. The Balaban J connectivity index is 1.14. The van der Waals surface area contributed by atoms with Gasteiger partial charge >= 0.3 is 0 Å². The molecule has 0 saturated heterocycles. The van der Waals surface area contributed by atoms with E-state index in [0.717, 1.165) is 0 Å². The highest BCUT2D eigenvalue weighted by Crippen LogP contribution is 2.39. The maximum absolute atomic E-state index is 9.99. The van der Waals surface area contributed by atoms with Crippen molar-refractivity contribution >= 4 is 43.6 Å². The normalized spacial score (nSPS) is 20.6. The maximum atomic E-state index is 9.99. The van der Waals surface area contributed by atoms with Crippen LogP contribution < -0.4 is 0 Å². The molecule has 290 valence electrons. The lowest BCUT2D eigenvalue weighted by molar-refractivity contribution is 1.18. The number of benzene rings is 10. The Hall–Kier alpha value is -8.20. The number of para-hydroxylation sites is 2. The predicted octanol–water partition coefficient (Wildman–Crippen LogP) is 16.2. The minimum absolute atomic E-state index is 0.606. The van der Waals surface area contributed by atoms with Crippen molar-refractivity contribution < 1.29 is 54.8 Å². The highest BCUT2D eigenvalue weighted by molar-refractivity contribution is 6.12. The number of fused-ring (bicyclic) bond motifs is 6. The molecule has 0 unspecified atom stereocenters. The molecule has 0 spiro atoms. The molecule has 12 aromatic rings. The lowest BCUT2D eigenvalue weighted by atomic mass is 10.00. The van der Waals surface area contributed by atoms with Crippen LogP contribution in [0.5, 0.6) is 0 Å². The average molecular weight is 829 g/mol. The van der Waals surface area contributed by atoms with E-state index in [1.807, 2.05) is 0 Å². The Morgan fingerprint density at radius 1 is 0.210 bits per heavy atom. The summed E-state index contributed by atoms with van der Waals surface area (Å²) < 4.78 is 362. The second kappa shape index (κ2) is 14.8. The fraction of sp³-hybridized carbons (Fsp3) is 0. The summed E-state index contributed by atoms with van der Waals surface area (Å²) in [5, 5.41) is -2.97. The smallest absolute Gasteiger partial charge is 0.0645 e. The Morgan fingerprint density at radius 3 is 0.823 bits per heavy atom. The zero-order valence-electron chi connectivity index (χ0n) is 70.9. The van der Waals surface area contributed by atoms with Crippen LogP contribution in [-0.4, -0.2) is 9.13 Å². The molecule has 2 nitrogen and oxygen atoms in total. The summed E-state index contributed by atoms with van der Waals surface area (Å²) in [5.74, 6) is 0. The number of hydrogen-bond acceptors (Lipinski definition) is 0. The van der Waals surface area contributed by atoms with Crippen molar-refractivity contribution in [3.8, 4) is 67.0 Å². The van der Waals surface area contributed by atoms with Gasteiger partial charge in [0.25, 0.3) is 0 Å². The SMILES string of the molecule is [2H]c1c([2H])c([2H])c(-c2c([2H])c([2H])c(-c3c([2H])c([2H])c(-n4c5c([2H])c([2H])c([2H])c([2H])c5c5c([2H])c(-c6c([2H])c([2H])c7c(c6[2H])c6c([2H])c([2H])c([2H])c([2H])c6n7-c6c([2H])c([2H])c(-c7c([2H])c([2H])c(-c8c([2H])c([2H])c([2H])c([2H])c8[2H])c([2H])c7[2H])c([2H])c6[2H])c([2H])c([2H])c54)c([2H])c3[2H])c([2H])c2[2H])c([2H])c1[2H]. The molecule has 2 aromatic heterocycles. The molecular weight excluding hydrogens is 749 g/mol. The standard InChI is InChI=1S/C60H40N2/c1-3-11-41(12-4-1)43-19-23-45(24-20-43)47-27-33-51(34-28-47)61-57-17-9-7-15-53(57)55-39-49(31-37-59(55)61)50-32-38-60-56(40-50)54-16-8-10-18-58(54)62(60)52-35-29-48(30-36-52)46-25-21-44(22-26-46)42-13-5-2-6-14-42/h1-40H/i1D,2D,3D,4D,5D,6D,7D,8D,9D,10D,11D,12D,13D,14D,15D,16D,17D,18D,19D,20D,21D,22D,23D,24D,25D,26D,27D,28D,29D,30D,31D,32D,33D,34D,35D,36D,37D,38D,39D,40D. The van der Waals surface area contributed by atoms with Crippen LogP contribution in [0.25, 0.3) is 111 Å². The first-order valence-electron chi connectivity index (χ1n) is 38.1. The van der Waals surface area contributed by atoms with E-state index in [1.165, 1.54) is 0 Å². The Bertz CT molecular complexity index is 5470. The highest BCUT2D eigenvalue weighted by atomic mass is 15.0. The third kappa shape index (κ3) is 6.12. The molecule has 2 heterocycles. The molecule has 12 rings (SSSR count). The quantitative estimate of drug-likeness (QED) is 0.151. The lowest BCUT2D eigenvalue weighted by Gasteiger charge is -2.11. The van der Waals surface area contributed by atoms with Crippen LogP contribution >= 0.6 is 0 Å². The molecule has 0 amide bonds. The molecule has 2 heteroatoms. The van der Waals surface area contributed by atoms with E-state index in [-0.39, 0.29) is 0 Å². The van der Waals surface area contributed by atoms with Crippen molar-refractivity contribution in [2.75, 3.05) is 0 Å². The molecule has 0 radical (unpaired) electrons. The lowest BCUT2D eigenvalue weighted by Crippen LogP contribution is -1.94. The molecule has 0 saturated carbocycles. The Labute approximate surface area is 417 Å². The molecule has 0 aliphatic carbocycles. The van der Waals surface area contributed by atoms with Crippen molar-refractivity contribution in [2.24, 2.45) is 0 Å². The first kappa shape index (κ1) is 13.7. The van der Waals surface area contributed by atoms with Gasteiger partial charge in [0.2, 0.25) is 0 Å². The molecule has 62 heavy (non-hydrogen) atoms. The van der Waals surface area contributed by atoms with E-state index in [4.69, 9.17) is 30.2 Å². The molecule has 0 atom stereocenters. The van der Waals surface area contributed by atoms with E-state index >= 15 is 0 Å². The maximum Gasteiger partial charge on any atom is 0.0645 e. The minimum atomic E-state index is -1.18. The predicted molar refractivity (Wildman–Crippen MR) is 262 cm³/mol. The zero-order chi connectivity index (χ0) is 75.8. The fourth-order valence-electron chi connectivity index (χ4n) is 6.69. The van der Waals surface area contributed by atoms with Gasteiger partial charge in [-0.2, -0.15) is 0 Å². The topological polar surface area (TPSA) is 9.86 Å². The summed E-state index contributed by atoms with van der Waals surface area (Å²) in [6.45, 7) is 0. The van der Waals surface area contributed by atoms with E-state index in [9.17, 15) is 24.7 Å². The van der Waals surface area contributed by atoms with Crippen molar-refractivity contribution in [2.45, 2.75) is 0 Å². The molecular formula is C60H40N2. The summed E-state index contributed by atoms with van der Waals surface area (Å²) in [6, 6.07) is -41.7. The number of hydrogen-bond donors (Lipinski definition) is 0. The first-order chi connectivity index (χ1) is 47.4. The van der Waals surface area contributed by atoms with E-state index in [1.54, 1.807) is 0 Å². The van der Waals surface area contributed by atoms with Crippen LogP contribution in [0.4, 0.5) is 0 Å². The summed E-state index contributed by atoms with van der Waals surface area (Å²) in [7, 11) is 0. The second-order valence-corrected chi connectivity index (χ2v) is 13.0. The summed E-state index contributed by atoms with van der Waals surface area (Å²) >= 11 is 0. The Morgan fingerprint density at radius 2 is 0.468 bits per heavy atom. The number of nitrogens with zero attached hydrogens (tertiary/aromatic N) is 2. The van der Waals surface area contributed by atoms with Crippen molar-refractivity contribution in [3.05, 3.63) is 242 Å². The van der Waals surface area contributed by atoms with Crippen LogP contribution in [0, 0.1) is 0 Å². The molecule has 0 bridgehead atoms. The highest BCUT2D eigenvalue weighted by Gasteiger charge is 2.16. The van der Waals surface area contributed by atoms with Gasteiger partial charge in [0.1, 0.15) is 0 Å². The number of aromatic nitrogens is 2. The van der Waals surface area contributed by atoms with Crippen molar-refractivity contribution in [3.63, 3.8) is 0 Å². The van der Waals surface area contributed by atoms with E-state index in [2.05, 4.69) is 0 Å². The number of rotatable bonds is 7. The van der Waals surface area contributed by atoms with Gasteiger partial charge in [-0.15, -0.1) is 0 Å². The fourth-order valence-corrected chi connectivity index (χ4v) is 6.69. The summed E-state index contributed by atoms with van der Waals surface area (Å²) in [5.41, 5.74) is -13.8. The van der Waals surface area contributed by atoms with Gasteiger partial charge in [0.05, 0.1) is 76.9 Å². The minimum Gasteiger partial charge on any atom is -0.309 e. The van der Waals surface area contributed by atoms with Gasteiger partial charge in [0, 0.05) is 32.9 Å². The molecule has 0 aliphatic rings. The Kier molecular flexibility index (Phi) is 3.26. The monoisotopic (exact) mass is 829 g/mol. The van der Waals surface area contributed by atoms with Gasteiger partial charge in [0.15, 0.2) is 0 Å². The molecule has 0 fully saturated rings. The third-order valence-corrected chi connectivity index (χ3v) is 9.49. The second-order valence-electron chi connectivity index (χ2n) is 13.0. The van der Waals surface area contributed by atoms with Crippen molar-refractivity contribution in [1.29, 1.82) is 0 Å². The van der Waals surface area contributed by atoms with Gasteiger partial charge in [-0.1, -0.05) is 181 Å². The van der Waals surface area contributed by atoms with Crippen LogP contribution in [0.15, 0.2) is 242 Å². The van der Waals surface area contributed by atoms with Crippen LogP contribution in [-0.2, 0) is 0 Å². The largest absolute Gasteiger partial charge is 0.309 e. The van der Waals surface area contributed by atoms with Gasteiger partial charge < -0.3 is 9.13 Å². The van der Waals surface area contributed by atoms with Crippen LogP contribution in [0.1, 0.15) is 54.8 Å².